The Morgan fingerprint density at radius 2 is 2.26 bits per heavy atom. The van der Waals surface area contributed by atoms with Crippen LogP contribution in [0, 0.1) is 5.82 Å². The Kier molecular flexibility index (Phi) is 4.77. The number of piperidine rings is 1. The summed E-state index contributed by atoms with van der Waals surface area (Å²) in [7, 11) is 1.54. The van der Waals surface area contributed by atoms with Gasteiger partial charge < -0.3 is 14.7 Å². The van der Waals surface area contributed by atoms with Crippen LogP contribution in [0.1, 0.15) is 25.3 Å². The number of halogens is 1. The number of likely N-dealkylation sites (tertiary alicyclic amines) is 1. The topological polar surface area (TPSA) is 32.7 Å². The average molecular weight is 267 g/mol. The molecule has 1 N–H and O–H groups in total. The zero-order chi connectivity index (χ0) is 13.8. The Bertz CT molecular complexity index is 425. The molecule has 1 heterocycles. The second kappa shape index (κ2) is 6.35. The maximum Gasteiger partial charge on any atom is 0.130 e. The van der Waals surface area contributed by atoms with Crippen LogP contribution in [0.25, 0.3) is 0 Å². The van der Waals surface area contributed by atoms with Crippen molar-refractivity contribution in [2.24, 2.45) is 0 Å². The van der Waals surface area contributed by atoms with Crippen molar-refractivity contribution < 1.29 is 14.2 Å². The van der Waals surface area contributed by atoms with Gasteiger partial charge in [0.2, 0.25) is 0 Å². The second-order valence-corrected chi connectivity index (χ2v) is 5.27. The lowest BCUT2D eigenvalue weighted by Gasteiger charge is -2.35. The standard InChI is InChI=1S/C15H22FNO2/c1-11-9-13(18)6-8-17(11)7-5-12-3-4-14(19-2)10-15(12)16/h3-4,10-11,13,18H,5-9H2,1-2H3. The predicted octanol–water partition coefficient (Wildman–Crippen LogP) is 2.22. The van der Waals surface area contributed by atoms with Gasteiger partial charge >= 0.3 is 0 Å². The number of rotatable bonds is 4. The summed E-state index contributed by atoms with van der Waals surface area (Å²) in [5.41, 5.74) is 0.721. The molecule has 1 saturated heterocycles. The van der Waals surface area contributed by atoms with Crippen LogP contribution in [0.2, 0.25) is 0 Å². The van der Waals surface area contributed by atoms with E-state index in [0.29, 0.717) is 18.2 Å². The summed E-state index contributed by atoms with van der Waals surface area (Å²) >= 11 is 0. The molecule has 2 atom stereocenters. The third kappa shape index (κ3) is 3.67. The molecule has 0 radical (unpaired) electrons. The fourth-order valence-electron chi connectivity index (χ4n) is 2.65. The third-order valence-corrected chi connectivity index (χ3v) is 3.91. The third-order valence-electron chi connectivity index (χ3n) is 3.91. The lowest BCUT2D eigenvalue weighted by Crippen LogP contribution is -2.43. The van der Waals surface area contributed by atoms with Crippen LogP contribution in [0.3, 0.4) is 0 Å². The summed E-state index contributed by atoms with van der Waals surface area (Å²) in [6, 6.07) is 5.38. The van der Waals surface area contributed by atoms with Crippen molar-refractivity contribution in [3.05, 3.63) is 29.6 Å². The Morgan fingerprint density at radius 3 is 2.89 bits per heavy atom. The Hall–Kier alpha value is -1.13. The molecule has 0 saturated carbocycles. The smallest absolute Gasteiger partial charge is 0.130 e. The first-order chi connectivity index (χ1) is 9.10. The maximum atomic E-state index is 13.8. The Labute approximate surface area is 114 Å². The predicted molar refractivity (Wildman–Crippen MR) is 72.9 cm³/mol. The summed E-state index contributed by atoms with van der Waals surface area (Å²) in [6.45, 7) is 3.84. The van der Waals surface area contributed by atoms with E-state index in [2.05, 4.69) is 11.8 Å². The number of aliphatic hydroxyl groups excluding tert-OH is 1. The van der Waals surface area contributed by atoms with Gasteiger partial charge in [-0.1, -0.05) is 6.07 Å². The molecule has 0 aromatic heterocycles. The number of ether oxygens (including phenoxy) is 1. The number of aliphatic hydroxyl groups is 1. The number of hydrogen-bond donors (Lipinski definition) is 1. The highest BCUT2D eigenvalue weighted by Crippen LogP contribution is 2.20. The van der Waals surface area contributed by atoms with E-state index in [1.165, 1.54) is 13.2 Å². The van der Waals surface area contributed by atoms with Crippen molar-refractivity contribution in [2.75, 3.05) is 20.2 Å². The molecule has 3 nitrogen and oxygen atoms in total. The van der Waals surface area contributed by atoms with Crippen LogP contribution in [0.15, 0.2) is 18.2 Å². The van der Waals surface area contributed by atoms with Gasteiger partial charge in [-0.2, -0.15) is 0 Å². The second-order valence-electron chi connectivity index (χ2n) is 5.27. The van der Waals surface area contributed by atoms with Gasteiger partial charge in [0.05, 0.1) is 13.2 Å². The van der Waals surface area contributed by atoms with Crippen LogP contribution in [0.4, 0.5) is 4.39 Å². The van der Waals surface area contributed by atoms with E-state index in [1.807, 2.05) is 0 Å². The fraction of sp³-hybridized carbons (Fsp3) is 0.600. The van der Waals surface area contributed by atoms with Crippen LogP contribution in [-0.2, 0) is 6.42 Å². The quantitative estimate of drug-likeness (QED) is 0.908. The molecule has 19 heavy (non-hydrogen) atoms. The molecule has 0 aliphatic carbocycles. The van der Waals surface area contributed by atoms with Crippen LogP contribution >= 0.6 is 0 Å². The van der Waals surface area contributed by atoms with E-state index in [1.54, 1.807) is 12.1 Å². The molecule has 1 aromatic rings. The van der Waals surface area contributed by atoms with Gasteiger partial charge in [-0.05, 0) is 37.8 Å². The van der Waals surface area contributed by atoms with Gasteiger partial charge in [-0.25, -0.2) is 4.39 Å². The van der Waals surface area contributed by atoms with Crippen LogP contribution in [-0.4, -0.2) is 42.4 Å². The van der Waals surface area contributed by atoms with E-state index in [9.17, 15) is 9.50 Å². The Balaban J connectivity index is 1.91. The van der Waals surface area contributed by atoms with Crippen molar-refractivity contribution in [1.29, 1.82) is 0 Å². The highest BCUT2D eigenvalue weighted by atomic mass is 19.1. The minimum absolute atomic E-state index is 0.177. The van der Waals surface area contributed by atoms with E-state index in [4.69, 9.17) is 4.74 Å². The van der Waals surface area contributed by atoms with Crippen LogP contribution in [0.5, 0.6) is 5.75 Å². The molecule has 0 bridgehead atoms. The first-order valence-electron chi connectivity index (χ1n) is 6.84. The van der Waals surface area contributed by atoms with E-state index >= 15 is 0 Å². The van der Waals surface area contributed by atoms with Gasteiger partial charge in [0.1, 0.15) is 11.6 Å². The first-order valence-corrected chi connectivity index (χ1v) is 6.84. The number of nitrogens with zero attached hydrogens (tertiary/aromatic N) is 1. The molecule has 0 spiro atoms. The molecule has 1 fully saturated rings. The normalized spacial score (nSPS) is 24.4. The zero-order valence-corrected chi connectivity index (χ0v) is 11.6. The summed E-state index contributed by atoms with van der Waals surface area (Å²) in [5, 5.41) is 9.58. The van der Waals surface area contributed by atoms with Crippen molar-refractivity contribution in [2.45, 2.75) is 38.3 Å². The van der Waals surface area contributed by atoms with E-state index in [-0.39, 0.29) is 11.9 Å². The average Bonchev–Trinajstić information content (AvgIpc) is 2.39. The van der Waals surface area contributed by atoms with Crippen molar-refractivity contribution >= 4 is 0 Å². The fourth-order valence-corrected chi connectivity index (χ4v) is 2.65. The van der Waals surface area contributed by atoms with Crippen LogP contribution < -0.4 is 4.74 Å². The van der Waals surface area contributed by atoms with Gasteiger partial charge in [-0.3, -0.25) is 0 Å². The molecule has 1 aliphatic rings. The van der Waals surface area contributed by atoms with Gasteiger partial charge in [0.25, 0.3) is 0 Å². The van der Waals surface area contributed by atoms with Crippen molar-refractivity contribution in [3.8, 4) is 5.75 Å². The monoisotopic (exact) mass is 267 g/mol. The molecule has 1 aliphatic heterocycles. The number of hydrogen-bond acceptors (Lipinski definition) is 3. The molecule has 106 valence electrons. The molecule has 2 rings (SSSR count). The van der Waals surface area contributed by atoms with Gasteiger partial charge in [0.15, 0.2) is 0 Å². The summed E-state index contributed by atoms with van der Waals surface area (Å²) < 4.78 is 18.8. The lowest BCUT2D eigenvalue weighted by molar-refractivity contribution is 0.0489. The Morgan fingerprint density at radius 1 is 1.47 bits per heavy atom. The molecular formula is C15H22FNO2. The molecule has 2 unspecified atom stereocenters. The minimum atomic E-state index is -0.205. The highest BCUT2D eigenvalue weighted by molar-refractivity contribution is 5.29. The van der Waals surface area contributed by atoms with Crippen molar-refractivity contribution in [3.63, 3.8) is 0 Å². The SMILES string of the molecule is COc1ccc(CCN2CCC(O)CC2C)c(F)c1. The number of methoxy groups -OCH3 is 1. The first kappa shape index (κ1) is 14.3. The molecular weight excluding hydrogens is 245 g/mol. The minimum Gasteiger partial charge on any atom is -0.497 e. The summed E-state index contributed by atoms with van der Waals surface area (Å²) in [4.78, 5) is 2.32. The highest BCUT2D eigenvalue weighted by Gasteiger charge is 2.23. The lowest BCUT2D eigenvalue weighted by atomic mass is 10.00. The zero-order valence-electron chi connectivity index (χ0n) is 11.6. The van der Waals surface area contributed by atoms with E-state index < -0.39 is 0 Å². The van der Waals surface area contributed by atoms with Crippen molar-refractivity contribution in [1.82, 2.24) is 4.90 Å². The van der Waals surface area contributed by atoms with E-state index in [0.717, 1.165) is 31.5 Å². The number of benzene rings is 1. The molecule has 1 aromatic carbocycles. The summed E-state index contributed by atoms with van der Waals surface area (Å²) in [5.74, 6) is 0.347. The van der Waals surface area contributed by atoms with Gasteiger partial charge in [0, 0.05) is 25.2 Å². The maximum absolute atomic E-state index is 13.8. The molecule has 0 amide bonds. The van der Waals surface area contributed by atoms with Gasteiger partial charge in [-0.15, -0.1) is 0 Å². The molecule has 4 heteroatoms. The summed E-state index contributed by atoms with van der Waals surface area (Å²) in [6.07, 6.45) is 2.14. The largest absolute Gasteiger partial charge is 0.497 e.